The number of aromatic nitrogens is 3. The first-order valence-corrected chi connectivity index (χ1v) is 6.64. The van der Waals surface area contributed by atoms with Crippen LogP contribution in [0.1, 0.15) is 16.1 Å². The summed E-state index contributed by atoms with van der Waals surface area (Å²) < 4.78 is 3.73. The Morgan fingerprint density at radius 2 is 2.16 bits per heavy atom. The fraction of sp³-hybridized carbons (Fsp3) is 0.167. The molecule has 2 heterocycles. The van der Waals surface area contributed by atoms with Crippen LogP contribution < -0.4 is 0 Å². The van der Waals surface area contributed by atoms with Crippen molar-refractivity contribution < 1.29 is 9.90 Å². The van der Waals surface area contributed by atoms with Crippen LogP contribution in [0, 0.1) is 6.92 Å². The topological polar surface area (TPSA) is 59.5 Å². The van der Waals surface area contributed by atoms with Crippen LogP contribution in [0.15, 0.2) is 16.7 Å². The van der Waals surface area contributed by atoms with E-state index in [1.54, 1.807) is 11.4 Å². The monoisotopic (exact) mass is 341 g/mol. The van der Waals surface area contributed by atoms with E-state index in [0.29, 0.717) is 20.9 Å². The minimum absolute atomic E-state index is 0.155. The molecule has 1 aromatic carbocycles. The summed E-state index contributed by atoms with van der Waals surface area (Å²) in [6.45, 7) is 1.93. The first kappa shape index (κ1) is 12.5. The molecule has 1 N–H and O–H groups in total. The molecular formula is C12H9BrClN3O2. The van der Waals surface area contributed by atoms with Crippen molar-refractivity contribution in [2.75, 3.05) is 0 Å². The third kappa shape index (κ3) is 1.60. The van der Waals surface area contributed by atoms with E-state index in [9.17, 15) is 9.90 Å². The van der Waals surface area contributed by atoms with Crippen molar-refractivity contribution in [3.8, 4) is 0 Å². The maximum atomic E-state index is 11.3. The Kier molecular flexibility index (Phi) is 2.62. The number of rotatable bonds is 1. The number of hydrogen-bond acceptors (Lipinski definition) is 2. The van der Waals surface area contributed by atoms with Gasteiger partial charge in [0, 0.05) is 7.05 Å². The van der Waals surface area contributed by atoms with E-state index in [4.69, 9.17) is 11.6 Å². The third-order valence-corrected chi connectivity index (χ3v) is 4.09. The average molecular weight is 343 g/mol. The predicted octanol–water partition coefficient (Wildman–Crippen LogP) is 3.25. The normalized spacial score (nSPS) is 11.6. The lowest BCUT2D eigenvalue weighted by Gasteiger charge is -1.99. The number of aryl methyl sites for hydroxylation is 2. The molecule has 0 atom stereocenters. The number of nitrogens with zero attached hydrogens (tertiary/aromatic N) is 3. The van der Waals surface area contributed by atoms with Gasteiger partial charge in [0.1, 0.15) is 10.1 Å². The SMILES string of the molecule is Cc1cc(Cl)c2nc3n(C)c(C(=O)O)c(Br)n3c2c1. The van der Waals surface area contributed by atoms with Gasteiger partial charge in [0.05, 0.1) is 10.5 Å². The molecule has 19 heavy (non-hydrogen) atoms. The van der Waals surface area contributed by atoms with Crippen LogP contribution in [-0.4, -0.2) is 25.0 Å². The molecule has 0 saturated heterocycles. The van der Waals surface area contributed by atoms with Gasteiger partial charge in [-0.05, 0) is 40.5 Å². The quantitative estimate of drug-likeness (QED) is 0.738. The maximum absolute atomic E-state index is 11.3. The largest absolute Gasteiger partial charge is 0.476 e. The van der Waals surface area contributed by atoms with Gasteiger partial charge in [0.25, 0.3) is 0 Å². The standard InChI is InChI=1S/C12H9BrClN3O2/c1-5-3-6(14)8-7(4-5)17-10(13)9(11(18)19)16(2)12(17)15-8/h3-4H,1-2H3,(H,18,19). The van der Waals surface area contributed by atoms with Gasteiger partial charge < -0.3 is 9.67 Å². The van der Waals surface area contributed by atoms with E-state index < -0.39 is 5.97 Å². The molecule has 0 unspecified atom stereocenters. The van der Waals surface area contributed by atoms with E-state index in [-0.39, 0.29) is 5.69 Å². The first-order chi connectivity index (χ1) is 8.91. The van der Waals surface area contributed by atoms with Crippen LogP contribution in [0.2, 0.25) is 5.02 Å². The van der Waals surface area contributed by atoms with Crippen molar-refractivity contribution in [1.82, 2.24) is 14.0 Å². The lowest BCUT2D eigenvalue weighted by Crippen LogP contribution is -2.05. The van der Waals surface area contributed by atoms with Gasteiger partial charge in [-0.1, -0.05) is 11.6 Å². The Labute approximate surface area is 121 Å². The molecule has 0 amide bonds. The predicted molar refractivity (Wildman–Crippen MR) is 76.1 cm³/mol. The van der Waals surface area contributed by atoms with Crippen LogP contribution in [0.4, 0.5) is 0 Å². The van der Waals surface area contributed by atoms with E-state index in [1.165, 1.54) is 4.57 Å². The highest BCUT2D eigenvalue weighted by atomic mass is 79.9. The minimum atomic E-state index is -1.01. The average Bonchev–Trinajstić information content (AvgIpc) is 2.77. The van der Waals surface area contributed by atoms with Crippen molar-refractivity contribution in [2.45, 2.75) is 6.92 Å². The Hall–Kier alpha value is -1.53. The number of halogens is 2. The molecule has 3 rings (SSSR count). The number of fused-ring (bicyclic) bond motifs is 3. The Bertz CT molecular complexity index is 850. The van der Waals surface area contributed by atoms with Gasteiger partial charge in [-0.3, -0.25) is 4.40 Å². The third-order valence-electron chi connectivity index (χ3n) is 3.07. The molecule has 2 aromatic heterocycles. The van der Waals surface area contributed by atoms with Crippen molar-refractivity contribution in [2.24, 2.45) is 7.05 Å². The van der Waals surface area contributed by atoms with Crippen LogP contribution in [0.25, 0.3) is 16.8 Å². The molecule has 0 saturated carbocycles. The van der Waals surface area contributed by atoms with Gasteiger partial charge >= 0.3 is 5.97 Å². The fourth-order valence-corrected chi connectivity index (χ4v) is 3.35. The minimum Gasteiger partial charge on any atom is -0.476 e. The Morgan fingerprint density at radius 3 is 2.79 bits per heavy atom. The summed E-state index contributed by atoms with van der Waals surface area (Å²) in [7, 11) is 1.66. The molecule has 5 nitrogen and oxygen atoms in total. The summed E-state index contributed by atoms with van der Waals surface area (Å²) in [5.74, 6) is -0.474. The second kappa shape index (κ2) is 3.98. The summed E-state index contributed by atoms with van der Waals surface area (Å²) in [4.78, 5) is 15.7. The van der Waals surface area contributed by atoms with Gasteiger partial charge in [-0.2, -0.15) is 0 Å². The van der Waals surface area contributed by atoms with Gasteiger partial charge in [0.15, 0.2) is 5.69 Å². The molecular weight excluding hydrogens is 334 g/mol. The number of imidazole rings is 2. The molecule has 0 spiro atoms. The molecule has 0 aliphatic heterocycles. The van der Waals surface area contributed by atoms with Gasteiger partial charge in [-0.15, -0.1) is 0 Å². The van der Waals surface area contributed by atoms with Crippen molar-refractivity contribution >= 4 is 50.3 Å². The molecule has 0 fully saturated rings. The van der Waals surface area contributed by atoms with Crippen molar-refractivity contribution in [3.63, 3.8) is 0 Å². The molecule has 0 bridgehead atoms. The zero-order valence-electron chi connectivity index (χ0n) is 10.1. The zero-order chi connectivity index (χ0) is 13.9. The van der Waals surface area contributed by atoms with Crippen LogP contribution in [0.3, 0.4) is 0 Å². The molecule has 0 radical (unpaired) electrons. The fourth-order valence-electron chi connectivity index (χ4n) is 2.25. The molecule has 0 aliphatic carbocycles. The Morgan fingerprint density at radius 1 is 1.47 bits per heavy atom. The maximum Gasteiger partial charge on any atom is 0.355 e. The lowest BCUT2D eigenvalue weighted by atomic mass is 10.2. The first-order valence-electron chi connectivity index (χ1n) is 5.47. The molecule has 3 aromatic rings. The van der Waals surface area contributed by atoms with E-state index in [2.05, 4.69) is 20.9 Å². The van der Waals surface area contributed by atoms with Gasteiger partial charge in [0.2, 0.25) is 5.78 Å². The summed E-state index contributed by atoms with van der Waals surface area (Å²) in [5.41, 5.74) is 2.60. The van der Waals surface area contributed by atoms with Crippen LogP contribution in [-0.2, 0) is 7.05 Å². The molecule has 7 heteroatoms. The van der Waals surface area contributed by atoms with E-state index >= 15 is 0 Å². The summed E-state index contributed by atoms with van der Waals surface area (Å²) in [6, 6.07) is 3.76. The second-order valence-corrected chi connectivity index (χ2v) is 5.52. The Balaban J connectivity index is 2.57. The highest BCUT2D eigenvalue weighted by Gasteiger charge is 2.23. The summed E-state index contributed by atoms with van der Waals surface area (Å²) in [5, 5.41) is 9.79. The summed E-state index contributed by atoms with van der Waals surface area (Å²) >= 11 is 9.51. The smallest absolute Gasteiger partial charge is 0.355 e. The van der Waals surface area contributed by atoms with Crippen molar-refractivity contribution in [1.29, 1.82) is 0 Å². The summed E-state index contributed by atoms with van der Waals surface area (Å²) in [6.07, 6.45) is 0. The molecule has 0 aliphatic rings. The van der Waals surface area contributed by atoms with Crippen molar-refractivity contribution in [3.05, 3.63) is 33.0 Å². The second-order valence-electron chi connectivity index (χ2n) is 4.37. The number of carboxylic acids is 1. The highest BCUT2D eigenvalue weighted by Crippen LogP contribution is 2.31. The van der Waals surface area contributed by atoms with Crippen LogP contribution in [0.5, 0.6) is 0 Å². The van der Waals surface area contributed by atoms with E-state index in [0.717, 1.165) is 11.1 Å². The molecule has 98 valence electrons. The number of hydrogen-bond donors (Lipinski definition) is 1. The van der Waals surface area contributed by atoms with E-state index in [1.807, 2.05) is 19.1 Å². The number of carboxylic acid groups (broad SMARTS) is 1. The zero-order valence-corrected chi connectivity index (χ0v) is 12.4. The number of benzene rings is 1. The number of aromatic carboxylic acids is 1. The van der Waals surface area contributed by atoms with Gasteiger partial charge in [-0.25, -0.2) is 9.78 Å². The number of carbonyl (C=O) groups is 1. The van der Waals surface area contributed by atoms with Crippen LogP contribution >= 0.6 is 27.5 Å². The highest BCUT2D eigenvalue weighted by molar-refractivity contribution is 9.10. The lowest BCUT2D eigenvalue weighted by molar-refractivity contribution is 0.0685.